The fraction of sp³-hybridized carbons (Fsp3) is 0.667. The van der Waals surface area contributed by atoms with Gasteiger partial charge in [0.05, 0.1) is 13.0 Å². The molecule has 0 aromatic rings. The standard InChI is InChI=1S/C12H18N2O5/c1-11(2,3)13-12(10(17)18)7(4-5-15)19-9-6-8(16)14(9)12/h4,9,13,15H,5-6H2,1-3H3,(H,17,18)/b7-4-/t9-,12-/m1/s1. The molecule has 2 aliphatic heterocycles. The van der Waals surface area contributed by atoms with Crippen molar-refractivity contribution in [2.45, 2.75) is 44.6 Å². The molecule has 2 atom stereocenters. The molecule has 0 aromatic heterocycles. The van der Waals surface area contributed by atoms with E-state index < -0.39 is 23.4 Å². The van der Waals surface area contributed by atoms with Crippen LogP contribution in [0.3, 0.4) is 0 Å². The van der Waals surface area contributed by atoms with E-state index in [1.165, 1.54) is 11.0 Å². The molecule has 0 unspecified atom stereocenters. The highest BCUT2D eigenvalue weighted by molar-refractivity contribution is 5.94. The van der Waals surface area contributed by atoms with Crippen molar-refractivity contribution >= 4 is 11.9 Å². The molecule has 3 N–H and O–H groups in total. The first-order valence-electron chi connectivity index (χ1n) is 6.05. The molecule has 0 radical (unpaired) electrons. The normalized spacial score (nSPS) is 32.0. The van der Waals surface area contributed by atoms with Gasteiger partial charge >= 0.3 is 5.97 Å². The highest BCUT2D eigenvalue weighted by Crippen LogP contribution is 2.43. The summed E-state index contributed by atoms with van der Waals surface area (Å²) in [5, 5.41) is 21.6. The quantitative estimate of drug-likeness (QED) is 0.605. The lowest BCUT2D eigenvalue weighted by molar-refractivity contribution is -0.174. The Balaban J connectivity index is 2.50. The molecular formula is C12H18N2O5. The monoisotopic (exact) mass is 270 g/mol. The van der Waals surface area contributed by atoms with Crippen LogP contribution < -0.4 is 5.32 Å². The van der Waals surface area contributed by atoms with E-state index in [0.717, 1.165) is 0 Å². The average Bonchev–Trinajstić information content (AvgIpc) is 2.46. The van der Waals surface area contributed by atoms with E-state index in [4.69, 9.17) is 9.84 Å². The molecule has 7 nitrogen and oxygen atoms in total. The second-order valence-electron chi connectivity index (χ2n) is 5.68. The van der Waals surface area contributed by atoms with E-state index in [0.29, 0.717) is 0 Å². The van der Waals surface area contributed by atoms with Gasteiger partial charge in [-0.2, -0.15) is 0 Å². The van der Waals surface area contributed by atoms with Gasteiger partial charge in [-0.1, -0.05) is 0 Å². The molecular weight excluding hydrogens is 252 g/mol. The minimum Gasteiger partial charge on any atom is -0.478 e. The number of hydrogen-bond donors (Lipinski definition) is 3. The number of fused-ring (bicyclic) bond motifs is 1. The van der Waals surface area contributed by atoms with Gasteiger partial charge in [-0.05, 0) is 26.8 Å². The van der Waals surface area contributed by atoms with Gasteiger partial charge in [-0.15, -0.1) is 0 Å². The summed E-state index contributed by atoms with van der Waals surface area (Å²) in [6.07, 6.45) is 0.860. The molecule has 0 aliphatic carbocycles. The fourth-order valence-corrected chi connectivity index (χ4v) is 2.44. The summed E-state index contributed by atoms with van der Waals surface area (Å²) in [7, 11) is 0. The molecule has 19 heavy (non-hydrogen) atoms. The molecule has 2 aliphatic rings. The number of nitrogens with zero attached hydrogens (tertiary/aromatic N) is 1. The topological polar surface area (TPSA) is 99.1 Å². The molecule has 0 bridgehead atoms. The Morgan fingerprint density at radius 3 is 2.68 bits per heavy atom. The Morgan fingerprint density at radius 2 is 2.26 bits per heavy atom. The molecule has 2 heterocycles. The second-order valence-corrected chi connectivity index (χ2v) is 5.68. The number of aliphatic carboxylic acids is 1. The van der Waals surface area contributed by atoms with Crippen LogP contribution in [0.2, 0.25) is 0 Å². The van der Waals surface area contributed by atoms with E-state index in [-0.39, 0.29) is 24.7 Å². The van der Waals surface area contributed by atoms with Gasteiger partial charge in [0.2, 0.25) is 5.91 Å². The zero-order valence-electron chi connectivity index (χ0n) is 11.1. The molecule has 1 amide bonds. The lowest BCUT2D eigenvalue weighted by Gasteiger charge is -2.43. The number of carbonyl (C=O) groups is 2. The zero-order valence-corrected chi connectivity index (χ0v) is 11.1. The molecule has 7 heteroatoms. The molecule has 0 spiro atoms. The lowest BCUT2D eigenvalue weighted by atomic mass is 9.96. The van der Waals surface area contributed by atoms with Crippen molar-refractivity contribution in [2.24, 2.45) is 0 Å². The van der Waals surface area contributed by atoms with Crippen molar-refractivity contribution < 1.29 is 24.5 Å². The summed E-state index contributed by atoms with van der Waals surface area (Å²) in [6.45, 7) is 5.04. The number of aliphatic hydroxyl groups is 1. The van der Waals surface area contributed by atoms with E-state index in [9.17, 15) is 14.7 Å². The van der Waals surface area contributed by atoms with E-state index in [2.05, 4.69) is 5.32 Å². The van der Waals surface area contributed by atoms with Crippen LogP contribution in [0.15, 0.2) is 11.8 Å². The van der Waals surface area contributed by atoms with Crippen LogP contribution in [0.5, 0.6) is 0 Å². The number of hydrogen-bond acceptors (Lipinski definition) is 5. The van der Waals surface area contributed by atoms with Gasteiger partial charge in [-0.3, -0.25) is 15.0 Å². The van der Waals surface area contributed by atoms with Crippen LogP contribution in [0.1, 0.15) is 27.2 Å². The molecule has 106 valence electrons. The first kappa shape index (κ1) is 13.8. The highest BCUT2D eigenvalue weighted by atomic mass is 16.5. The smallest absolute Gasteiger partial charge is 0.353 e. The number of rotatable bonds is 3. The summed E-state index contributed by atoms with van der Waals surface area (Å²) >= 11 is 0. The maximum Gasteiger partial charge on any atom is 0.353 e. The van der Waals surface area contributed by atoms with Crippen LogP contribution >= 0.6 is 0 Å². The maximum absolute atomic E-state index is 11.8. The van der Waals surface area contributed by atoms with Crippen LogP contribution in [0.4, 0.5) is 0 Å². The second kappa shape index (κ2) is 4.21. The molecule has 2 rings (SSSR count). The highest BCUT2D eigenvalue weighted by Gasteiger charge is 2.65. The Morgan fingerprint density at radius 1 is 1.63 bits per heavy atom. The maximum atomic E-state index is 11.8. The third-order valence-corrected chi connectivity index (χ3v) is 3.03. The number of β-lactam (4-membered cyclic amide) rings is 1. The SMILES string of the molecule is CC(C)(C)N[C@]1(C(=O)O)/C(=C/CO)O[C@@H]2CC(=O)N21. The lowest BCUT2D eigenvalue weighted by Crippen LogP contribution is -2.72. The molecule has 0 saturated carbocycles. The van der Waals surface area contributed by atoms with Crippen molar-refractivity contribution in [1.82, 2.24) is 10.2 Å². The van der Waals surface area contributed by atoms with Crippen LogP contribution in [0, 0.1) is 0 Å². The van der Waals surface area contributed by atoms with Gasteiger partial charge in [0.25, 0.3) is 5.66 Å². The van der Waals surface area contributed by atoms with E-state index in [1.54, 1.807) is 20.8 Å². The number of aliphatic hydroxyl groups excluding tert-OH is 1. The van der Waals surface area contributed by atoms with Crippen molar-refractivity contribution in [3.05, 3.63) is 11.8 Å². The van der Waals surface area contributed by atoms with Crippen molar-refractivity contribution in [2.75, 3.05) is 6.61 Å². The number of carboxylic acids is 1. The van der Waals surface area contributed by atoms with Gasteiger partial charge in [0.1, 0.15) is 5.76 Å². The third kappa shape index (κ3) is 1.98. The summed E-state index contributed by atoms with van der Waals surface area (Å²) in [4.78, 5) is 24.7. The summed E-state index contributed by atoms with van der Waals surface area (Å²) in [5.41, 5.74) is -2.29. The molecule has 2 fully saturated rings. The first-order chi connectivity index (χ1) is 8.72. The summed E-state index contributed by atoms with van der Waals surface area (Å²) in [6, 6.07) is 0. The molecule has 2 saturated heterocycles. The predicted octanol–water partition coefficient (Wildman–Crippen LogP) is -0.380. The summed E-state index contributed by atoms with van der Waals surface area (Å²) < 4.78 is 5.46. The minimum absolute atomic E-state index is 0.0632. The van der Waals surface area contributed by atoms with Crippen molar-refractivity contribution in [1.29, 1.82) is 0 Å². The number of amides is 1. The Kier molecular flexibility index (Phi) is 3.06. The number of carbonyl (C=O) groups excluding carboxylic acids is 1. The number of ether oxygens (including phenoxy) is 1. The van der Waals surface area contributed by atoms with E-state index in [1.807, 2.05) is 0 Å². The van der Waals surface area contributed by atoms with E-state index >= 15 is 0 Å². The predicted molar refractivity (Wildman–Crippen MR) is 64.8 cm³/mol. The van der Waals surface area contributed by atoms with Crippen LogP contribution in [0.25, 0.3) is 0 Å². The summed E-state index contributed by atoms with van der Waals surface area (Å²) in [5.74, 6) is -1.45. The minimum atomic E-state index is -1.74. The van der Waals surface area contributed by atoms with Gasteiger partial charge in [0, 0.05) is 5.54 Å². The largest absolute Gasteiger partial charge is 0.478 e. The first-order valence-corrected chi connectivity index (χ1v) is 6.05. The fourth-order valence-electron chi connectivity index (χ4n) is 2.44. The number of nitrogens with one attached hydrogen (secondary N) is 1. The zero-order chi connectivity index (χ0) is 14.4. The van der Waals surface area contributed by atoms with Crippen LogP contribution in [-0.4, -0.2) is 51.0 Å². The van der Waals surface area contributed by atoms with Gasteiger partial charge in [0.15, 0.2) is 6.23 Å². The third-order valence-electron chi connectivity index (χ3n) is 3.03. The Labute approximate surface area is 110 Å². The van der Waals surface area contributed by atoms with Crippen molar-refractivity contribution in [3.63, 3.8) is 0 Å². The van der Waals surface area contributed by atoms with Gasteiger partial charge < -0.3 is 14.9 Å². The Bertz CT molecular complexity index is 454. The van der Waals surface area contributed by atoms with Crippen molar-refractivity contribution in [3.8, 4) is 0 Å². The average molecular weight is 270 g/mol. The number of carboxylic acid groups (broad SMARTS) is 1. The van der Waals surface area contributed by atoms with Gasteiger partial charge in [-0.25, -0.2) is 4.79 Å². The Hall–Kier alpha value is -1.60. The van der Waals surface area contributed by atoms with Crippen LogP contribution in [-0.2, 0) is 14.3 Å². The molecule has 0 aromatic carbocycles.